The summed E-state index contributed by atoms with van der Waals surface area (Å²) >= 11 is 0. The van der Waals surface area contributed by atoms with Gasteiger partial charge in [-0.2, -0.15) is 5.10 Å². The standard InChI is InChI=1S/C9H6N2O2/c12-6-13-8-3-1-2-7-4-5-10-11-9(7)8/h1-6H. The van der Waals surface area contributed by atoms with Crippen molar-refractivity contribution in [2.24, 2.45) is 0 Å². The monoisotopic (exact) mass is 174 g/mol. The molecule has 0 bridgehead atoms. The third-order valence-corrected chi connectivity index (χ3v) is 1.68. The van der Waals surface area contributed by atoms with E-state index in [2.05, 4.69) is 10.2 Å². The molecule has 0 N–H and O–H groups in total. The molecule has 0 aliphatic heterocycles. The highest BCUT2D eigenvalue weighted by atomic mass is 16.5. The topological polar surface area (TPSA) is 52.1 Å². The second-order valence-corrected chi connectivity index (χ2v) is 2.44. The Morgan fingerprint density at radius 3 is 3.08 bits per heavy atom. The molecule has 2 aromatic rings. The Balaban J connectivity index is 2.68. The smallest absolute Gasteiger partial charge is 0.298 e. The predicted octanol–water partition coefficient (Wildman–Crippen LogP) is 1.16. The summed E-state index contributed by atoms with van der Waals surface area (Å²) in [5.74, 6) is 0.431. The summed E-state index contributed by atoms with van der Waals surface area (Å²) in [7, 11) is 0. The SMILES string of the molecule is O=COc1cccc2ccnnc12. The van der Waals surface area contributed by atoms with Gasteiger partial charge in [0.1, 0.15) is 5.52 Å². The number of benzene rings is 1. The second-order valence-electron chi connectivity index (χ2n) is 2.44. The van der Waals surface area contributed by atoms with Crippen molar-refractivity contribution in [1.29, 1.82) is 0 Å². The first-order valence-electron chi connectivity index (χ1n) is 3.72. The van der Waals surface area contributed by atoms with Gasteiger partial charge in [-0.1, -0.05) is 12.1 Å². The molecule has 0 radical (unpaired) electrons. The summed E-state index contributed by atoms with van der Waals surface area (Å²) in [5, 5.41) is 8.47. The van der Waals surface area contributed by atoms with E-state index in [-0.39, 0.29) is 0 Å². The average Bonchev–Trinajstić information content (AvgIpc) is 2.19. The number of rotatable bonds is 2. The van der Waals surface area contributed by atoms with Crippen LogP contribution in [0.5, 0.6) is 5.75 Å². The first-order valence-corrected chi connectivity index (χ1v) is 3.72. The summed E-state index contributed by atoms with van der Waals surface area (Å²) in [5.41, 5.74) is 0.595. The fraction of sp³-hybridized carbons (Fsp3) is 0. The Bertz CT molecular complexity index is 437. The van der Waals surface area contributed by atoms with E-state index < -0.39 is 0 Å². The van der Waals surface area contributed by atoms with Gasteiger partial charge in [-0.3, -0.25) is 4.79 Å². The number of nitrogens with zero attached hydrogens (tertiary/aromatic N) is 2. The first-order chi connectivity index (χ1) is 6.42. The average molecular weight is 174 g/mol. The van der Waals surface area contributed by atoms with Crippen molar-refractivity contribution in [3.05, 3.63) is 30.5 Å². The normalized spacial score (nSPS) is 9.85. The number of carbonyl (C=O) groups excluding carboxylic acids is 1. The van der Waals surface area contributed by atoms with Crippen molar-refractivity contribution in [2.45, 2.75) is 0 Å². The van der Waals surface area contributed by atoms with E-state index in [1.807, 2.05) is 6.07 Å². The van der Waals surface area contributed by atoms with E-state index in [0.717, 1.165) is 5.39 Å². The van der Waals surface area contributed by atoms with Crippen LogP contribution in [0, 0.1) is 0 Å². The molecule has 0 atom stereocenters. The quantitative estimate of drug-likeness (QED) is 0.641. The third-order valence-electron chi connectivity index (χ3n) is 1.68. The highest BCUT2D eigenvalue weighted by Crippen LogP contribution is 2.21. The van der Waals surface area contributed by atoms with E-state index in [1.54, 1.807) is 24.4 Å². The minimum absolute atomic E-state index is 0.378. The van der Waals surface area contributed by atoms with Gasteiger partial charge in [0.2, 0.25) is 0 Å². The number of hydrogen-bond donors (Lipinski definition) is 0. The lowest BCUT2D eigenvalue weighted by Crippen LogP contribution is -1.91. The van der Waals surface area contributed by atoms with Crippen LogP contribution in [0.3, 0.4) is 0 Å². The zero-order valence-corrected chi connectivity index (χ0v) is 6.68. The molecular formula is C9H6N2O2. The molecule has 2 rings (SSSR count). The Morgan fingerprint density at radius 1 is 1.31 bits per heavy atom. The maximum atomic E-state index is 10.1. The second kappa shape index (κ2) is 3.18. The fourth-order valence-corrected chi connectivity index (χ4v) is 1.13. The highest BCUT2D eigenvalue weighted by Gasteiger charge is 2.01. The van der Waals surface area contributed by atoms with Crippen LogP contribution >= 0.6 is 0 Å². The van der Waals surface area contributed by atoms with Crippen molar-refractivity contribution in [1.82, 2.24) is 10.2 Å². The molecule has 4 nitrogen and oxygen atoms in total. The van der Waals surface area contributed by atoms with E-state index in [1.165, 1.54) is 0 Å². The lowest BCUT2D eigenvalue weighted by atomic mass is 10.2. The van der Waals surface area contributed by atoms with E-state index in [4.69, 9.17) is 4.74 Å². The van der Waals surface area contributed by atoms with Crippen LogP contribution in [0.4, 0.5) is 0 Å². The van der Waals surface area contributed by atoms with Crippen molar-refractivity contribution < 1.29 is 9.53 Å². The molecule has 4 heteroatoms. The molecular weight excluding hydrogens is 168 g/mol. The number of aromatic nitrogens is 2. The molecule has 1 heterocycles. The Hall–Kier alpha value is -1.97. The van der Waals surface area contributed by atoms with Crippen molar-refractivity contribution >= 4 is 17.4 Å². The Kier molecular flexibility index (Phi) is 1.88. The summed E-state index contributed by atoms with van der Waals surface area (Å²) < 4.78 is 4.74. The van der Waals surface area contributed by atoms with Gasteiger partial charge in [0.15, 0.2) is 5.75 Å². The first kappa shape index (κ1) is 7.67. The van der Waals surface area contributed by atoms with Gasteiger partial charge < -0.3 is 4.74 Å². The van der Waals surface area contributed by atoms with Gasteiger partial charge in [0, 0.05) is 5.39 Å². The number of carbonyl (C=O) groups is 1. The largest absolute Gasteiger partial charge is 0.426 e. The van der Waals surface area contributed by atoms with Crippen LogP contribution in [0.15, 0.2) is 30.5 Å². The maximum absolute atomic E-state index is 10.1. The zero-order chi connectivity index (χ0) is 9.10. The van der Waals surface area contributed by atoms with Crippen molar-refractivity contribution in [3.63, 3.8) is 0 Å². The summed E-state index contributed by atoms with van der Waals surface area (Å²) in [6.45, 7) is 0.378. The molecule has 0 fully saturated rings. The zero-order valence-electron chi connectivity index (χ0n) is 6.68. The van der Waals surface area contributed by atoms with E-state index >= 15 is 0 Å². The summed E-state index contributed by atoms with van der Waals surface area (Å²) in [6, 6.07) is 7.15. The van der Waals surface area contributed by atoms with Gasteiger partial charge >= 0.3 is 0 Å². The van der Waals surface area contributed by atoms with Gasteiger partial charge in [-0.15, -0.1) is 5.10 Å². The predicted molar refractivity (Wildman–Crippen MR) is 46.2 cm³/mol. The number of fused-ring (bicyclic) bond motifs is 1. The number of ether oxygens (including phenoxy) is 1. The van der Waals surface area contributed by atoms with Crippen LogP contribution in [-0.4, -0.2) is 16.7 Å². The van der Waals surface area contributed by atoms with Crippen LogP contribution < -0.4 is 4.74 Å². The third kappa shape index (κ3) is 1.33. The van der Waals surface area contributed by atoms with Crippen LogP contribution in [0.1, 0.15) is 0 Å². The Labute approximate surface area is 74.2 Å². The van der Waals surface area contributed by atoms with Crippen molar-refractivity contribution in [2.75, 3.05) is 0 Å². The van der Waals surface area contributed by atoms with E-state index in [9.17, 15) is 4.79 Å². The van der Waals surface area contributed by atoms with Crippen molar-refractivity contribution in [3.8, 4) is 5.75 Å². The molecule has 1 aromatic heterocycles. The molecule has 0 saturated heterocycles. The molecule has 0 saturated carbocycles. The minimum atomic E-state index is 0.378. The lowest BCUT2D eigenvalue weighted by Gasteiger charge is -2.00. The summed E-state index contributed by atoms with van der Waals surface area (Å²) in [6.07, 6.45) is 1.59. The molecule has 0 unspecified atom stereocenters. The van der Waals surface area contributed by atoms with Gasteiger partial charge in [0.25, 0.3) is 6.47 Å². The van der Waals surface area contributed by atoms with E-state index in [0.29, 0.717) is 17.7 Å². The highest BCUT2D eigenvalue weighted by molar-refractivity contribution is 5.84. The number of hydrogen-bond acceptors (Lipinski definition) is 4. The lowest BCUT2D eigenvalue weighted by molar-refractivity contribution is -0.120. The minimum Gasteiger partial charge on any atom is -0.426 e. The van der Waals surface area contributed by atoms with Crippen LogP contribution in [0.2, 0.25) is 0 Å². The van der Waals surface area contributed by atoms with Crippen LogP contribution in [0.25, 0.3) is 10.9 Å². The molecule has 64 valence electrons. The summed E-state index contributed by atoms with van der Waals surface area (Å²) in [4.78, 5) is 10.1. The Morgan fingerprint density at radius 2 is 2.23 bits per heavy atom. The van der Waals surface area contributed by atoms with Gasteiger partial charge in [0.05, 0.1) is 6.20 Å². The molecule has 0 spiro atoms. The molecule has 0 aliphatic carbocycles. The van der Waals surface area contributed by atoms with Crippen LogP contribution in [-0.2, 0) is 4.79 Å². The maximum Gasteiger partial charge on any atom is 0.298 e. The van der Waals surface area contributed by atoms with Gasteiger partial charge in [-0.05, 0) is 12.1 Å². The van der Waals surface area contributed by atoms with Gasteiger partial charge in [-0.25, -0.2) is 0 Å². The molecule has 13 heavy (non-hydrogen) atoms. The molecule has 0 amide bonds. The molecule has 0 aliphatic rings. The fourth-order valence-electron chi connectivity index (χ4n) is 1.13. The molecule has 1 aromatic carbocycles.